The van der Waals surface area contributed by atoms with Gasteiger partial charge in [-0.2, -0.15) is 0 Å². The van der Waals surface area contributed by atoms with Gasteiger partial charge in [0.15, 0.2) is 0 Å². The third-order valence-electron chi connectivity index (χ3n) is 15.7. The first kappa shape index (κ1) is 43.5. The Bertz CT molecular complexity index is 3280. The van der Waals surface area contributed by atoms with Gasteiger partial charge in [0.05, 0.1) is 17.1 Å². The molecule has 3 heterocycles. The van der Waals surface area contributed by atoms with Crippen molar-refractivity contribution in [1.82, 2.24) is 15.0 Å². The van der Waals surface area contributed by atoms with Crippen LogP contribution in [0.15, 0.2) is 225 Å². The second kappa shape index (κ2) is 19.0. The molecule has 0 spiro atoms. The Hall–Kier alpha value is -7.75. The second-order valence-electron chi connectivity index (χ2n) is 20.1. The first-order valence-electron chi connectivity index (χ1n) is 25.4. The minimum absolute atomic E-state index is 0.0832. The van der Waals surface area contributed by atoms with Gasteiger partial charge in [0.2, 0.25) is 0 Å². The van der Waals surface area contributed by atoms with Crippen molar-refractivity contribution < 1.29 is 0 Å². The van der Waals surface area contributed by atoms with E-state index in [9.17, 15) is 0 Å². The van der Waals surface area contributed by atoms with E-state index in [1.165, 1.54) is 129 Å². The molecule has 0 radical (unpaired) electrons. The molecule has 7 aromatic carbocycles. The van der Waals surface area contributed by atoms with E-state index in [0.717, 1.165) is 35.5 Å². The highest BCUT2D eigenvalue weighted by molar-refractivity contribution is 5.88. The van der Waals surface area contributed by atoms with Gasteiger partial charge in [0.25, 0.3) is 0 Å². The lowest BCUT2D eigenvalue weighted by molar-refractivity contribution is 0.432. The monoisotopic (exact) mass is 903 g/mol. The lowest BCUT2D eigenvalue weighted by atomic mass is 9.71. The lowest BCUT2D eigenvalue weighted by Gasteiger charge is -2.32. The van der Waals surface area contributed by atoms with E-state index in [-0.39, 0.29) is 10.8 Å². The van der Waals surface area contributed by atoms with E-state index < -0.39 is 0 Å². The number of aromatic nitrogens is 3. The van der Waals surface area contributed by atoms with Crippen LogP contribution in [0.5, 0.6) is 0 Å². The van der Waals surface area contributed by atoms with Gasteiger partial charge in [0, 0.05) is 35.3 Å². The summed E-state index contributed by atoms with van der Waals surface area (Å²) in [5, 5.41) is 2.50. The fourth-order valence-corrected chi connectivity index (χ4v) is 12.1. The van der Waals surface area contributed by atoms with Crippen molar-refractivity contribution in [3.8, 4) is 67.2 Å². The minimum Gasteiger partial charge on any atom is -0.256 e. The quantitative estimate of drug-likeness (QED) is 0.123. The summed E-state index contributed by atoms with van der Waals surface area (Å²) in [6, 6.07) is 76.4. The molecule has 0 unspecified atom stereocenters. The normalized spacial score (nSPS) is 15.0. The summed E-state index contributed by atoms with van der Waals surface area (Å²) in [7, 11) is 0. The molecule has 2 saturated carbocycles. The van der Waals surface area contributed by atoms with Crippen LogP contribution in [0.3, 0.4) is 0 Å². The summed E-state index contributed by atoms with van der Waals surface area (Å²) in [6.45, 7) is 0. The Morgan fingerprint density at radius 3 is 1.30 bits per heavy atom. The molecule has 0 amide bonds. The predicted molar refractivity (Wildman–Crippen MR) is 291 cm³/mol. The molecule has 0 N–H and O–H groups in total. The van der Waals surface area contributed by atoms with Crippen LogP contribution in [0.2, 0.25) is 0 Å². The summed E-state index contributed by atoms with van der Waals surface area (Å²) in [5.41, 5.74) is 19.8. The van der Waals surface area contributed by atoms with Gasteiger partial charge in [-0.05, 0) is 158 Å². The zero-order valence-corrected chi connectivity index (χ0v) is 39.8. The third kappa shape index (κ3) is 8.78. The van der Waals surface area contributed by atoms with Crippen molar-refractivity contribution in [2.24, 2.45) is 0 Å². The molecule has 12 rings (SSSR count). The maximum Gasteiger partial charge on any atom is 0.0708 e. The number of pyridine rings is 3. The van der Waals surface area contributed by atoms with E-state index in [1.54, 1.807) is 0 Å². The molecule has 70 heavy (non-hydrogen) atoms. The van der Waals surface area contributed by atoms with Gasteiger partial charge < -0.3 is 0 Å². The van der Waals surface area contributed by atoms with Crippen molar-refractivity contribution >= 4 is 10.8 Å². The number of hydrogen-bond donors (Lipinski definition) is 0. The van der Waals surface area contributed by atoms with E-state index in [0.29, 0.717) is 0 Å². The highest BCUT2D eigenvalue weighted by Gasteiger charge is 2.38. The Morgan fingerprint density at radius 2 is 0.743 bits per heavy atom. The number of hydrogen-bond acceptors (Lipinski definition) is 3. The summed E-state index contributed by atoms with van der Waals surface area (Å²) in [4.78, 5) is 14.2. The molecule has 2 aliphatic rings. The molecular formula is C67H57N3. The molecule has 3 nitrogen and oxygen atoms in total. The number of rotatable bonds is 12. The van der Waals surface area contributed by atoms with Crippen LogP contribution < -0.4 is 0 Å². The zero-order chi connectivity index (χ0) is 46.7. The van der Waals surface area contributed by atoms with Crippen LogP contribution in [-0.2, 0) is 23.7 Å². The average molecular weight is 904 g/mol. The topological polar surface area (TPSA) is 38.7 Å². The molecule has 10 aromatic rings. The fraction of sp³-hybridized carbons (Fsp3) is 0.179. The molecule has 2 aliphatic carbocycles. The largest absolute Gasteiger partial charge is 0.256 e. The summed E-state index contributed by atoms with van der Waals surface area (Å²) in [5.74, 6) is 0. The first-order valence-corrected chi connectivity index (χ1v) is 25.4. The summed E-state index contributed by atoms with van der Waals surface area (Å²) < 4.78 is 0. The highest BCUT2D eigenvalue weighted by Crippen LogP contribution is 2.48. The molecule has 0 bridgehead atoms. The Labute approximate surface area is 413 Å². The van der Waals surface area contributed by atoms with E-state index in [4.69, 9.17) is 4.98 Å². The Balaban J connectivity index is 0.906. The van der Waals surface area contributed by atoms with Crippen LogP contribution >= 0.6 is 0 Å². The van der Waals surface area contributed by atoms with Crippen LogP contribution in [0.4, 0.5) is 0 Å². The number of fused-ring (bicyclic) bond motifs is 1. The van der Waals surface area contributed by atoms with Crippen molar-refractivity contribution in [3.05, 3.63) is 247 Å². The van der Waals surface area contributed by atoms with E-state index >= 15 is 0 Å². The smallest absolute Gasteiger partial charge is 0.0708 e. The van der Waals surface area contributed by atoms with Crippen molar-refractivity contribution in [3.63, 3.8) is 0 Å². The molecule has 0 atom stereocenters. The van der Waals surface area contributed by atoms with Crippen molar-refractivity contribution in [1.29, 1.82) is 0 Å². The van der Waals surface area contributed by atoms with Crippen LogP contribution in [0.1, 0.15) is 73.6 Å². The van der Waals surface area contributed by atoms with Gasteiger partial charge in [0.1, 0.15) is 0 Å². The SMILES string of the molecule is c1ccc(-c2ccc(C3(Cc4cc(CC5(c6ccc(-c7ccccn7)cc6)CCCC5)cc(-c5ccccc5-c5ccc(-c6cc(-c7ccc8ccccc8c7)ccn6)cc5)c4)CCCC3)cc2)nc1. The van der Waals surface area contributed by atoms with Gasteiger partial charge in [-0.25, -0.2) is 0 Å². The lowest BCUT2D eigenvalue weighted by Crippen LogP contribution is -2.26. The first-order chi connectivity index (χ1) is 34.6. The number of benzene rings is 7. The van der Waals surface area contributed by atoms with Gasteiger partial charge in [-0.1, -0.05) is 189 Å². The molecule has 2 fully saturated rings. The van der Waals surface area contributed by atoms with E-state index in [1.807, 2.05) is 30.7 Å². The minimum atomic E-state index is 0.0832. The Kier molecular flexibility index (Phi) is 11.8. The van der Waals surface area contributed by atoms with Crippen LogP contribution in [0.25, 0.3) is 77.9 Å². The van der Waals surface area contributed by atoms with Crippen LogP contribution in [0, 0.1) is 0 Å². The zero-order valence-electron chi connectivity index (χ0n) is 39.8. The molecular weight excluding hydrogens is 847 g/mol. The van der Waals surface area contributed by atoms with Crippen molar-refractivity contribution in [2.45, 2.75) is 75.0 Å². The Morgan fingerprint density at radius 1 is 0.300 bits per heavy atom. The van der Waals surface area contributed by atoms with E-state index in [2.05, 4.69) is 204 Å². The second-order valence-corrected chi connectivity index (χ2v) is 20.1. The number of nitrogens with zero attached hydrogens (tertiary/aromatic N) is 3. The average Bonchev–Trinajstić information content (AvgIpc) is 4.13. The molecule has 3 heteroatoms. The third-order valence-corrected chi connectivity index (χ3v) is 15.7. The molecule has 340 valence electrons. The predicted octanol–water partition coefficient (Wildman–Crippen LogP) is 17.1. The molecule has 0 aliphatic heterocycles. The van der Waals surface area contributed by atoms with Gasteiger partial charge in [-0.15, -0.1) is 0 Å². The maximum atomic E-state index is 4.85. The fourth-order valence-electron chi connectivity index (χ4n) is 12.1. The molecule has 0 saturated heterocycles. The highest BCUT2D eigenvalue weighted by atomic mass is 14.7. The van der Waals surface area contributed by atoms with Gasteiger partial charge in [-0.3, -0.25) is 15.0 Å². The van der Waals surface area contributed by atoms with Crippen molar-refractivity contribution in [2.75, 3.05) is 0 Å². The maximum absolute atomic E-state index is 4.85. The summed E-state index contributed by atoms with van der Waals surface area (Å²) >= 11 is 0. The van der Waals surface area contributed by atoms with Gasteiger partial charge >= 0.3 is 0 Å². The standard InChI is InChI=1S/C67H57N3/c1-2-14-55-44-56(24-19-50(55)13-1)57-33-40-70-65(45-57)54-22-20-51(21-23-54)61-15-3-4-16-62(61)58-42-48(46-66(34-7-8-35-66)59-29-25-52(26-30-59)63-17-5-11-38-68-63)41-49(43-58)47-67(36-9-10-37-67)60-31-27-53(28-32-60)64-18-6-12-39-69-64/h1-6,11-33,38-45H,7-10,34-37,46-47H2. The molecule has 3 aromatic heterocycles. The summed E-state index contributed by atoms with van der Waals surface area (Å²) in [6.07, 6.45) is 17.6. The van der Waals surface area contributed by atoms with Crippen LogP contribution in [-0.4, -0.2) is 15.0 Å².